The molecule has 0 heterocycles. The summed E-state index contributed by atoms with van der Waals surface area (Å²) in [6, 6.07) is -0.225. The third-order valence-corrected chi connectivity index (χ3v) is 2.07. The maximum Gasteiger partial charge on any atom is 0.408 e. The highest BCUT2D eigenvalue weighted by molar-refractivity contribution is 5.70. The quantitative estimate of drug-likeness (QED) is 0.558. The molecule has 15 heavy (non-hydrogen) atoms. The van der Waals surface area contributed by atoms with Crippen LogP contribution in [0.1, 0.15) is 27.2 Å². The molecule has 1 aliphatic carbocycles. The van der Waals surface area contributed by atoms with Gasteiger partial charge in [-0.15, -0.1) is 0 Å². The van der Waals surface area contributed by atoms with Crippen LogP contribution in [0.4, 0.5) is 4.79 Å². The van der Waals surface area contributed by atoms with Crippen molar-refractivity contribution in [2.45, 2.75) is 38.8 Å². The van der Waals surface area contributed by atoms with Gasteiger partial charge >= 0.3 is 6.09 Å². The number of nitrogens with one attached hydrogen (secondary N) is 1. The number of aldehydes is 1. The second-order valence-electron chi connectivity index (χ2n) is 4.64. The van der Waals surface area contributed by atoms with Gasteiger partial charge in [-0.25, -0.2) is 4.79 Å². The summed E-state index contributed by atoms with van der Waals surface area (Å²) in [5.74, 6) is -0.155. The highest BCUT2D eigenvalue weighted by atomic mass is 16.6. The van der Waals surface area contributed by atoms with Crippen molar-refractivity contribution in [1.29, 1.82) is 0 Å². The maximum atomic E-state index is 11.4. The minimum absolute atomic E-state index is 0.155. The number of hydrogen-bond donors (Lipinski definition) is 1. The van der Waals surface area contributed by atoms with E-state index in [2.05, 4.69) is 5.32 Å². The molecule has 1 rings (SSSR count). The molecule has 0 unspecified atom stereocenters. The van der Waals surface area contributed by atoms with E-state index in [1.54, 1.807) is 20.8 Å². The highest BCUT2D eigenvalue weighted by Crippen LogP contribution is 2.17. The number of alkyl carbamates (subject to hydrolysis) is 1. The zero-order valence-electron chi connectivity index (χ0n) is 9.32. The van der Waals surface area contributed by atoms with Gasteiger partial charge in [0, 0.05) is 5.92 Å². The first-order valence-corrected chi connectivity index (χ1v) is 5.04. The van der Waals surface area contributed by atoms with Crippen LogP contribution in [0.2, 0.25) is 0 Å². The van der Waals surface area contributed by atoms with Gasteiger partial charge in [-0.1, -0.05) is 12.2 Å². The predicted octanol–water partition coefficient (Wildman–Crippen LogP) is 1.65. The van der Waals surface area contributed by atoms with Gasteiger partial charge in [0.05, 0.1) is 6.04 Å². The molecule has 0 aromatic heterocycles. The van der Waals surface area contributed by atoms with Crippen LogP contribution in [0, 0.1) is 5.92 Å². The molecule has 0 saturated heterocycles. The fourth-order valence-electron chi connectivity index (χ4n) is 1.41. The maximum absolute atomic E-state index is 11.4. The van der Waals surface area contributed by atoms with Crippen LogP contribution in [0.15, 0.2) is 12.2 Å². The third-order valence-electron chi connectivity index (χ3n) is 2.07. The van der Waals surface area contributed by atoms with Gasteiger partial charge in [-0.05, 0) is 27.2 Å². The zero-order valence-corrected chi connectivity index (χ0v) is 9.32. The number of hydrogen-bond acceptors (Lipinski definition) is 3. The van der Waals surface area contributed by atoms with Crippen LogP contribution < -0.4 is 5.32 Å². The van der Waals surface area contributed by atoms with Gasteiger partial charge in [0.1, 0.15) is 11.9 Å². The van der Waals surface area contributed by atoms with Crippen molar-refractivity contribution in [3.05, 3.63) is 12.2 Å². The molecule has 0 bridgehead atoms. The van der Waals surface area contributed by atoms with Gasteiger partial charge < -0.3 is 14.8 Å². The number of carbonyl (C=O) groups is 2. The molecule has 4 heteroatoms. The summed E-state index contributed by atoms with van der Waals surface area (Å²) in [6.45, 7) is 5.40. The summed E-state index contributed by atoms with van der Waals surface area (Å²) < 4.78 is 5.09. The molecule has 1 amide bonds. The third kappa shape index (κ3) is 3.73. The van der Waals surface area contributed by atoms with Crippen molar-refractivity contribution < 1.29 is 14.3 Å². The summed E-state index contributed by atoms with van der Waals surface area (Å²) in [7, 11) is 0. The van der Waals surface area contributed by atoms with Crippen molar-refractivity contribution in [2.24, 2.45) is 5.92 Å². The first-order valence-electron chi connectivity index (χ1n) is 5.04. The number of allylic oxidation sites excluding steroid dienone is 1. The average molecular weight is 211 g/mol. The molecular formula is C11H17NO3. The van der Waals surface area contributed by atoms with Crippen molar-refractivity contribution in [2.75, 3.05) is 0 Å². The number of ether oxygens (including phenoxy) is 1. The number of carbonyl (C=O) groups excluding carboxylic acids is 2. The Morgan fingerprint density at radius 3 is 2.73 bits per heavy atom. The summed E-state index contributed by atoms with van der Waals surface area (Å²) in [5, 5.41) is 2.66. The predicted molar refractivity (Wildman–Crippen MR) is 56.5 cm³/mol. The Morgan fingerprint density at radius 2 is 2.20 bits per heavy atom. The van der Waals surface area contributed by atoms with Gasteiger partial charge in [-0.3, -0.25) is 0 Å². The highest BCUT2D eigenvalue weighted by Gasteiger charge is 2.25. The van der Waals surface area contributed by atoms with Crippen LogP contribution >= 0.6 is 0 Å². The molecular weight excluding hydrogens is 194 g/mol. The van der Waals surface area contributed by atoms with Gasteiger partial charge in [-0.2, -0.15) is 0 Å². The SMILES string of the molecule is CC(C)(C)OC(=O)N[C@@H]1C=CC[C@@H]1C=O. The first kappa shape index (κ1) is 11.8. The van der Waals surface area contributed by atoms with E-state index in [4.69, 9.17) is 4.74 Å². The Kier molecular flexibility index (Phi) is 3.50. The van der Waals surface area contributed by atoms with E-state index in [1.165, 1.54) is 0 Å². The summed E-state index contributed by atoms with van der Waals surface area (Å²) >= 11 is 0. The minimum Gasteiger partial charge on any atom is -0.444 e. The van der Waals surface area contributed by atoms with E-state index in [0.29, 0.717) is 6.42 Å². The van der Waals surface area contributed by atoms with E-state index in [0.717, 1.165) is 6.29 Å². The molecule has 0 saturated carbocycles. The van der Waals surface area contributed by atoms with Crippen LogP contribution in [-0.2, 0) is 9.53 Å². The molecule has 0 aromatic carbocycles. The van der Waals surface area contributed by atoms with Gasteiger partial charge in [0.2, 0.25) is 0 Å². The lowest BCUT2D eigenvalue weighted by Crippen LogP contribution is -2.41. The summed E-state index contributed by atoms with van der Waals surface area (Å²) in [5.41, 5.74) is -0.511. The van der Waals surface area contributed by atoms with Gasteiger partial charge in [0.25, 0.3) is 0 Å². The Bertz CT molecular complexity index is 278. The lowest BCUT2D eigenvalue weighted by Gasteiger charge is -2.22. The van der Waals surface area contributed by atoms with Crippen LogP contribution in [-0.4, -0.2) is 24.0 Å². The van der Waals surface area contributed by atoms with Crippen molar-refractivity contribution in [3.63, 3.8) is 0 Å². The van der Waals surface area contributed by atoms with Crippen LogP contribution in [0.5, 0.6) is 0 Å². The van der Waals surface area contributed by atoms with E-state index in [9.17, 15) is 9.59 Å². The molecule has 0 aliphatic heterocycles. The second-order valence-corrected chi connectivity index (χ2v) is 4.64. The van der Waals surface area contributed by atoms with Crippen LogP contribution in [0.25, 0.3) is 0 Å². The smallest absolute Gasteiger partial charge is 0.408 e. The standard InChI is InChI=1S/C11H17NO3/c1-11(2,3)15-10(14)12-9-6-4-5-8(9)7-13/h4,6-9H,5H2,1-3H3,(H,12,14)/t8-,9-/m1/s1. The largest absolute Gasteiger partial charge is 0.444 e. The summed E-state index contributed by atoms with van der Waals surface area (Å²) in [4.78, 5) is 22.0. The molecule has 1 N–H and O–H groups in total. The average Bonchev–Trinajstić information content (AvgIpc) is 2.48. The monoisotopic (exact) mass is 211 g/mol. The van der Waals surface area contributed by atoms with E-state index in [-0.39, 0.29) is 12.0 Å². The molecule has 84 valence electrons. The fraction of sp³-hybridized carbons (Fsp3) is 0.636. The lowest BCUT2D eigenvalue weighted by atomic mass is 10.1. The number of amides is 1. The van der Waals surface area contributed by atoms with Crippen molar-refractivity contribution >= 4 is 12.4 Å². The topological polar surface area (TPSA) is 55.4 Å². The molecule has 0 fully saturated rings. The minimum atomic E-state index is -0.511. The molecule has 2 atom stereocenters. The Balaban J connectivity index is 2.44. The first-order chi connectivity index (χ1) is 6.92. The van der Waals surface area contributed by atoms with E-state index >= 15 is 0 Å². The van der Waals surface area contributed by atoms with Crippen molar-refractivity contribution in [3.8, 4) is 0 Å². The summed E-state index contributed by atoms with van der Waals surface area (Å²) in [6.07, 6.45) is 4.78. The molecule has 0 spiro atoms. The van der Waals surface area contributed by atoms with E-state index in [1.807, 2.05) is 12.2 Å². The van der Waals surface area contributed by atoms with Crippen molar-refractivity contribution in [1.82, 2.24) is 5.32 Å². The molecule has 1 aliphatic rings. The van der Waals surface area contributed by atoms with Crippen LogP contribution in [0.3, 0.4) is 0 Å². The lowest BCUT2D eigenvalue weighted by molar-refractivity contribution is -0.111. The van der Waals surface area contributed by atoms with E-state index < -0.39 is 11.7 Å². The Morgan fingerprint density at radius 1 is 1.53 bits per heavy atom. The Labute approximate surface area is 89.7 Å². The molecule has 0 aromatic rings. The normalized spacial score (nSPS) is 25.0. The number of rotatable bonds is 2. The second kappa shape index (κ2) is 4.47. The molecule has 4 nitrogen and oxygen atoms in total. The zero-order chi connectivity index (χ0) is 11.5. The fourth-order valence-corrected chi connectivity index (χ4v) is 1.41. The van der Waals surface area contributed by atoms with Gasteiger partial charge in [0.15, 0.2) is 0 Å². The molecule has 0 radical (unpaired) electrons. The Hall–Kier alpha value is -1.32.